The first-order chi connectivity index (χ1) is 14.5. The van der Waals surface area contributed by atoms with E-state index in [-0.39, 0.29) is 28.5 Å². The van der Waals surface area contributed by atoms with Crippen LogP contribution in [-0.4, -0.2) is 55.0 Å². The molecule has 0 aliphatic carbocycles. The van der Waals surface area contributed by atoms with Gasteiger partial charge >= 0.3 is 0 Å². The first-order valence-electron chi connectivity index (χ1n) is 11.3. The van der Waals surface area contributed by atoms with Crippen LogP contribution in [0.1, 0.15) is 54.2 Å². The largest absolute Gasteiger partial charge is 0.414 e. The van der Waals surface area contributed by atoms with Gasteiger partial charge in [0, 0.05) is 6.42 Å². The Morgan fingerprint density at radius 2 is 1.66 bits per heavy atom. The first-order valence-corrected chi connectivity index (χ1v) is 18.2. The Morgan fingerprint density at radius 1 is 1.03 bits per heavy atom. The number of nitrogens with zero attached hydrogens (tertiary/aromatic N) is 4. The van der Waals surface area contributed by atoms with Crippen molar-refractivity contribution in [2.75, 3.05) is 6.61 Å². The molecular weight excluding hydrogens is 551 g/mol. The van der Waals surface area contributed by atoms with Crippen molar-refractivity contribution in [2.24, 2.45) is 0 Å². The second-order valence-electron chi connectivity index (χ2n) is 11.9. The second kappa shape index (κ2) is 8.99. The van der Waals surface area contributed by atoms with Crippen LogP contribution in [0.4, 0.5) is 0 Å². The maximum absolute atomic E-state index is 6.88. The Labute approximate surface area is 208 Å². The monoisotopic (exact) mass is 590 g/mol. The molecule has 0 amide bonds. The van der Waals surface area contributed by atoms with E-state index in [0.29, 0.717) is 6.61 Å². The molecule has 180 valence electrons. The smallest absolute Gasteiger partial charge is 0.192 e. The number of rotatable bonds is 6. The maximum Gasteiger partial charge on any atom is 0.192 e. The zero-order valence-electron chi connectivity index (χ0n) is 21.2. The lowest BCUT2D eigenvalue weighted by Crippen LogP contribution is -2.45. The minimum atomic E-state index is -2.00. The highest BCUT2D eigenvalue weighted by atomic mass is 127. The Bertz CT molecular complexity index is 953. The third kappa shape index (κ3) is 5.30. The fraction of sp³-hybridized carbons (Fsp3) is 0.773. The highest BCUT2D eigenvalue weighted by Crippen LogP contribution is 2.43. The van der Waals surface area contributed by atoms with Gasteiger partial charge in [-0.25, -0.2) is 15.0 Å². The summed E-state index contributed by atoms with van der Waals surface area (Å²) in [4.78, 5) is 13.3. The average Bonchev–Trinajstić information content (AvgIpc) is 3.22. The minimum absolute atomic E-state index is 0.0257. The molecule has 0 spiro atoms. The number of halogens is 1. The van der Waals surface area contributed by atoms with Gasteiger partial charge in [0.25, 0.3) is 0 Å². The molecule has 10 heteroatoms. The van der Waals surface area contributed by atoms with E-state index >= 15 is 0 Å². The normalized spacial score (nSPS) is 23.3. The predicted molar refractivity (Wildman–Crippen MR) is 142 cm³/mol. The van der Waals surface area contributed by atoms with Crippen LogP contribution in [0.25, 0.3) is 11.2 Å². The van der Waals surface area contributed by atoms with E-state index in [2.05, 4.69) is 105 Å². The zero-order chi connectivity index (χ0) is 24.1. The molecule has 0 radical (unpaired) electrons. The van der Waals surface area contributed by atoms with Gasteiger partial charge in [0.05, 0.1) is 25.1 Å². The lowest BCUT2D eigenvalue weighted by Gasteiger charge is -2.39. The van der Waals surface area contributed by atoms with Crippen molar-refractivity contribution in [1.82, 2.24) is 19.5 Å². The molecule has 2 aromatic rings. The van der Waals surface area contributed by atoms with Gasteiger partial charge in [-0.1, -0.05) is 41.5 Å². The summed E-state index contributed by atoms with van der Waals surface area (Å²) in [5.41, 5.74) is 1.58. The predicted octanol–water partition coefficient (Wildman–Crippen LogP) is 6.13. The fourth-order valence-electron chi connectivity index (χ4n) is 3.26. The van der Waals surface area contributed by atoms with E-state index in [1.54, 1.807) is 6.33 Å². The standard InChI is InChI=1S/C22H39IN4O3Si2/c1-21(2,3)31(7,8)28-12-15-11-16(30-32(9,10)22(4,5)6)20(29-15)27-14-26-17-18(23)24-13-25-19(17)27/h13-16,20H,11-12H2,1-10H3. The third-order valence-corrected chi connectivity index (χ3v) is 17.2. The SMILES string of the molecule is CC(C)(C)[Si](C)(C)OCC1CC(O[Si](C)(C)C(C)(C)C)C(n2cnc3c(I)ncnc32)O1. The molecule has 0 bridgehead atoms. The summed E-state index contributed by atoms with van der Waals surface area (Å²) >= 11 is 2.20. The molecular formula is C22H39IN4O3Si2. The molecule has 1 fully saturated rings. The summed E-state index contributed by atoms with van der Waals surface area (Å²) in [6, 6.07) is 0. The van der Waals surface area contributed by atoms with Gasteiger partial charge in [0.1, 0.15) is 15.5 Å². The van der Waals surface area contributed by atoms with Crippen molar-refractivity contribution in [3.63, 3.8) is 0 Å². The Hall–Kier alpha value is -0.406. The molecule has 32 heavy (non-hydrogen) atoms. The highest BCUT2D eigenvalue weighted by Gasteiger charge is 2.46. The van der Waals surface area contributed by atoms with E-state index in [1.807, 2.05) is 10.9 Å². The van der Waals surface area contributed by atoms with Crippen LogP contribution >= 0.6 is 22.6 Å². The van der Waals surface area contributed by atoms with Gasteiger partial charge < -0.3 is 13.6 Å². The van der Waals surface area contributed by atoms with Crippen LogP contribution < -0.4 is 0 Å². The summed E-state index contributed by atoms with van der Waals surface area (Å²) < 4.78 is 22.8. The van der Waals surface area contributed by atoms with E-state index in [0.717, 1.165) is 21.3 Å². The van der Waals surface area contributed by atoms with Crippen molar-refractivity contribution in [3.8, 4) is 0 Å². The molecule has 0 aromatic carbocycles. The molecule has 3 atom stereocenters. The molecule has 3 rings (SSSR count). The van der Waals surface area contributed by atoms with Crippen molar-refractivity contribution < 1.29 is 13.6 Å². The molecule has 7 nitrogen and oxygen atoms in total. The van der Waals surface area contributed by atoms with Gasteiger partial charge in [-0.3, -0.25) is 4.57 Å². The first kappa shape index (κ1) is 26.2. The van der Waals surface area contributed by atoms with Crippen molar-refractivity contribution in [3.05, 3.63) is 16.4 Å². The van der Waals surface area contributed by atoms with Gasteiger partial charge in [-0.05, 0) is 58.9 Å². The minimum Gasteiger partial charge on any atom is -0.414 e. The van der Waals surface area contributed by atoms with E-state index in [9.17, 15) is 0 Å². The van der Waals surface area contributed by atoms with Crippen molar-refractivity contribution >= 4 is 50.4 Å². The molecule has 0 saturated carbocycles. The van der Waals surface area contributed by atoms with Crippen LogP contribution in [0.5, 0.6) is 0 Å². The van der Waals surface area contributed by atoms with Gasteiger partial charge in [0.15, 0.2) is 28.5 Å². The second-order valence-corrected chi connectivity index (χ2v) is 22.4. The summed E-state index contributed by atoms with van der Waals surface area (Å²) in [6.07, 6.45) is 3.81. The zero-order valence-corrected chi connectivity index (χ0v) is 25.4. The van der Waals surface area contributed by atoms with E-state index in [4.69, 9.17) is 13.6 Å². The number of fused-ring (bicyclic) bond motifs is 1. The van der Waals surface area contributed by atoms with Crippen LogP contribution in [0.2, 0.25) is 36.3 Å². The number of hydrogen-bond acceptors (Lipinski definition) is 6. The number of ether oxygens (including phenoxy) is 1. The number of hydrogen-bond donors (Lipinski definition) is 0. The van der Waals surface area contributed by atoms with Gasteiger partial charge in [0.2, 0.25) is 0 Å². The molecule has 3 unspecified atom stereocenters. The quantitative estimate of drug-likeness (QED) is 0.229. The average molecular weight is 591 g/mol. The number of imidazole rings is 1. The molecule has 1 saturated heterocycles. The Balaban J connectivity index is 1.89. The highest BCUT2D eigenvalue weighted by molar-refractivity contribution is 14.1. The van der Waals surface area contributed by atoms with Crippen LogP contribution in [0, 0.1) is 3.70 Å². The summed E-state index contributed by atoms with van der Waals surface area (Å²) in [5.74, 6) is 0. The lowest BCUT2D eigenvalue weighted by molar-refractivity contribution is -0.0443. The van der Waals surface area contributed by atoms with E-state index in [1.165, 1.54) is 0 Å². The maximum atomic E-state index is 6.88. The van der Waals surface area contributed by atoms with Crippen LogP contribution in [-0.2, 0) is 13.6 Å². The number of aromatic nitrogens is 4. The van der Waals surface area contributed by atoms with Gasteiger partial charge in [-0.2, -0.15) is 0 Å². The molecule has 2 aromatic heterocycles. The molecule has 1 aliphatic rings. The van der Waals surface area contributed by atoms with Crippen LogP contribution in [0.3, 0.4) is 0 Å². The van der Waals surface area contributed by atoms with Crippen molar-refractivity contribution in [2.45, 2.75) is 103 Å². The van der Waals surface area contributed by atoms with Gasteiger partial charge in [-0.15, -0.1) is 0 Å². The molecule has 0 N–H and O–H groups in total. The van der Waals surface area contributed by atoms with Crippen molar-refractivity contribution in [1.29, 1.82) is 0 Å². The third-order valence-electron chi connectivity index (χ3n) is 7.42. The topological polar surface area (TPSA) is 71.3 Å². The molecule has 1 aliphatic heterocycles. The lowest BCUT2D eigenvalue weighted by atomic mass is 10.2. The Morgan fingerprint density at radius 3 is 2.25 bits per heavy atom. The van der Waals surface area contributed by atoms with E-state index < -0.39 is 16.6 Å². The fourth-order valence-corrected chi connectivity index (χ4v) is 6.12. The Kier molecular flexibility index (Phi) is 7.36. The molecule has 3 heterocycles. The summed E-state index contributed by atoms with van der Waals surface area (Å²) in [6.45, 7) is 23.3. The summed E-state index contributed by atoms with van der Waals surface area (Å²) in [7, 11) is -3.87. The summed E-state index contributed by atoms with van der Waals surface area (Å²) in [5, 5.41) is 0.276. The van der Waals surface area contributed by atoms with Crippen LogP contribution in [0.15, 0.2) is 12.7 Å².